The van der Waals surface area contributed by atoms with Gasteiger partial charge >= 0.3 is 6.61 Å². The van der Waals surface area contributed by atoms with Gasteiger partial charge in [0.1, 0.15) is 5.75 Å². The van der Waals surface area contributed by atoms with Gasteiger partial charge in [-0.2, -0.15) is 13.1 Å². The number of alkyl halides is 2. The van der Waals surface area contributed by atoms with E-state index in [4.69, 9.17) is 0 Å². The van der Waals surface area contributed by atoms with Crippen LogP contribution >= 0.6 is 0 Å². The first-order valence-corrected chi connectivity index (χ1v) is 10.7. The van der Waals surface area contributed by atoms with Crippen LogP contribution < -0.4 is 10.1 Å². The third kappa shape index (κ3) is 4.91. The Morgan fingerprint density at radius 1 is 1.14 bits per heavy atom. The van der Waals surface area contributed by atoms with Crippen LogP contribution in [0.1, 0.15) is 36.5 Å². The molecule has 3 rings (SSSR count). The lowest BCUT2D eigenvalue weighted by molar-refractivity contribution is -0.0493. The molecule has 1 heterocycles. The summed E-state index contributed by atoms with van der Waals surface area (Å²) in [7, 11) is -3.63. The number of ether oxygens (including phenoxy) is 1. The van der Waals surface area contributed by atoms with Crippen molar-refractivity contribution in [3.8, 4) is 5.75 Å². The minimum Gasteiger partial charge on any atom is -0.433 e. The molecule has 9 heteroatoms. The van der Waals surface area contributed by atoms with Crippen molar-refractivity contribution in [2.75, 3.05) is 11.9 Å². The van der Waals surface area contributed by atoms with E-state index in [1.807, 2.05) is 6.92 Å². The van der Waals surface area contributed by atoms with Gasteiger partial charge < -0.3 is 10.1 Å². The van der Waals surface area contributed by atoms with E-state index in [1.54, 1.807) is 6.07 Å². The standard InChI is InChI=1S/C20H22F2N2O4S/c1-14-6-4-5-13-24(14)29(26,27)16-11-9-15(10-12-16)19(25)23-17-7-2-3-8-18(17)28-20(21)22/h2-3,7-12,14,20H,4-6,13H2,1H3,(H,23,25). The van der Waals surface area contributed by atoms with Crippen molar-refractivity contribution in [3.63, 3.8) is 0 Å². The SMILES string of the molecule is CC1CCCCN1S(=O)(=O)c1ccc(C(=O)Nc2ccccc2OC(F)F)cc1. The summed E-state index contributed by atoms with van der Waals surface area (Å²) in [5.74, 6) is -0.722. The van der Waals surface area contributed by atoms with Crippen molar-refractivity contribution >= 4 is 21.6 Å². The molecule has 1 unspecified atom stereocenters. The smallest absolute Gasteiger partial charge is 0.387 e. The molecule has 0 saturated carbocycles. The van der Waals surface area contributed by atoms with Crippen molar-refractivity contribution in [3.05, 3.63) is 54.1 Å². The van der Waals surface area contributed by atoms with E-state index in [0.29, 0.717) is 6.54 Å². The van der Waals surface area contributed by atoms with Crippen LogP contribution in [-0.4, -0.2) is 37.8 Å². The first-order chi connectivity index (χ1) is 13.8. The second kappa shape index (κ2) is 8.87. The lowest BCUT2D eigenvalue weighted by atomic mass is 10.1. The molecule has 0 radical (unpaired) electrons. The number of rotatable bonds is 6. The van der Waals surface area contributed by atoms with Crippen molar-refractivity contribution in [2.24, 2.45) is 0 Å². The number of hydrogen-bond acceptors (Lipinski definition) is 4. The summed E-state index contributed by atoms with van der Waals surface area (Å²) in [6.45, 7) is -0.654. The average Bonchev–Trinajstić information content (AvgIpc) is 2.69. The normalized spacial score (nSPS) is 17.9. The Balaban J connectivity index is 1.76. The van der Waals surface area contributed by atoms with E-state index < -0.39 is 22.5 Å². The molecule has 29 heavy (non-hydrogen) atoms. The zero-order chi connectivity index (χ0) is 21.0. The first kappa shape index (κ1) is 21.2. The largest absolute Gasteiger partial charge is 0.433 e. The number of piperidine rings is 1. The lowest BCUT2D eigenvalue weighted by Gasteiger charge is -2.32. The van der Waals surface area contributed by atoms with Crippen LogP contribution in [0.3, 0.4) is 0 Å². The van der Waals surface area contributed by atoms with Gasteiger partial charge in [-0.3, -0.25) is 4.79 Å². The predicted molar refractivity (Wildman–Crippen MR) is 105 cm³/mol. The van der Waals surface area contributed by atoms with Gasteiger partial charge in [-0.1, -0.05) is 18.6 Å². The maximum absolute atomic E-state index is 12.9. The van der Waals surface area contributed by atoms with Gasteiger partial charge in [-0.05, 0) is 56.2 Å². The van der Waals surface area contributed by atoms with Gasteiger partial charge in [0.25, 0.3) is 5.91 Å². The van der Waals surface area contributed by atoms with Crippen LogP contribution in [0.15, 0.2) is 53.4 Å². The second-order valence-electron chi connectivity index (χ2n) is 6.81. The summed E-state index contributed by atoms with van der Waals surface area (Å²) in [5, 5.41) is 2.50. The monoisotopic (exact) mass is 424 g/mol. The minimum atomic E-state index is -3.63. The summed E-state index contributed by atoms with van der Waals surface area (Å²) in [5.41, 5.74) is 0.291. The molecule has 0 aliphatic carbocycles. The molecule has 156 valence electrons. The molecule has 1 N–H and O–H groups in total. The van der Waals surface area contributed by atoms with Crippen LogP contribution in [-0.2, 0) is 10.0 Å². The Kier molecular flexibility index (Phi) is 6.49. The van der Waals surface area contributed by atoms with Gasteiger partial charge in [0.15, 0.2) is 0 Å². The van der Waals surface area contributed by atoms with E-state index in [0.717, 1.165) is 19.3 Å². The Morgan fingerprint density at radius 3 is 2.48 bits per heavy atom. The van der Waals surface area contributed by atoms with Crippen LogP contribution in [0.25, 0.3) is 0 Å². The number of anilines is 1. The molecule has 0 aromatic heterocycles. The molecule has 1 amide bonds. The molecule has 2 aromatic rings. The van der Waals surface area contributed by atoms with Crippen LogP contribution in [0, 0.1) is 0 Å². The van der Waals surface area contributed by atoms with Crippen LogP contribution in [0.4, 0.5) is 14.5 Å². The number of carbonyl (C=O) groups excluding carboxylic acids is 1. The topological polar surface area (TPSA) is 75.7 Å². The summed E-state index contributed by atoms with van der Waals surface area (Å²) in [6.07, 6.45) is 2.65. The summed E-state index contributed by atoms with van der Waals surface area (Å²) < 4.78 is 56.6. The number of para-hydroxylation sites is 2. The van der Waals surface area contributed by atoms with Gasteiger partial charge in [0.05, 0.1) is 10.6 Å². The molecular weight excluding hydrogens is 402 g/mol. The Morgan fingerprint density at radius 2 is 1.83 bits per heavy atom. The maximum Gasteiger partial charge on any atom is 0.387 e. The van der Waals surface area contributed by atoms with E-state index in [-0.39, 0.29) is 27.9 Å². The first-order valence-electron chi connectivity index (χ1n) is 9.26. The fourth-order valence-electron chi connectivity index (χ4n) is 3.31. The average molecular weight is 424 g/mol. The lowest BCUT2D eigenvalue weighted by Crippen LogP contribution is -2.41. The van der Waals surface area contributed by atoms with Crippen molar-refractivity contribution in [1.29, 1.82) is 0 Å². The quantitative estimate of drug-likeness (QED) is 0.758. The highest BCUT2D eigenvalue weighted by atomic mass is 32.2. The van der Waals surface area contributed by atoms with Gasteiger partial charge in [0, 0.05) is 18.2 Å². The number of carbonyl (C=O) groups is 1. The van der Waals surface area contributed by atoms with Gasteiger partial charge in [-0.25, -0.2) is 8.42 Å². The fraction of sp³-hybridized carbons (Fsp3) is 0.350. The molecule has 0 bridgehead atoms. The third-order valence-electron chi connectivity index (χ3n) is 4.82. The summed E-state index contributed by atoms with van der Waals surface area (Å²) >= 11 is 0. The molecule has 6 nitrogen and oxygen atoms in total. The third-order valence-corrected chi connectivity index (χ3v) is 6.84. The number of halogens is 2. The molecule has 1 fully saturated rings. The number of hydrogen-bond donors (Lipinski definition) is 1. The Hall–Kier alpha value is -2.52. The van der Waals surface area contributed by atoms with E-state index in [1.165, 1.54) is 46.8 Å². The molecule has 2 aromatic carbocycles. The number of nitrogens with zero attached hydrogens (tertiary/aromatic N) is 1. The highest BCUT2D eigenvalue weighted by Gasteiger charge is 2.30. The summed E-state index contributed by atoms with van der Waals surface area (Å²) in [4.78, 5) is 12.6. The Labute approximate surface area is 168 Å². The Bertz CT molecular complexity index is 965. The number of nitrogens with one attached hydrogen (secondary N) is 1. The van der Waals surface area contributed by atoms with E-state index in [9.17, 15) is 22.0 Å². The molecule has 1 aliphatic rings. The van der Waals surface area contributed by atoms with Crippen LogP contribution in [0.2, 0.25) is 0 Å². The minimum absolute atomic E-state index is 0.0666. The molecule has 1 aliphatic heterocycles. The second-order valence-corrected chi connectivity index (χ2v) is 8.70. The van der Waals surface area contributed by atoms with Gasteiger partial charge in [0.2, 0.25) is 10.0 Å². The zero-order valence-electron chi connectivity index (χ0n) is 15.8. The molecule has 1 atom stereocenters. The fourth-order valence-corrected chi connectivity index (χ4v) is 5.01. The zero-order valence-corrected chi connectivity index (χ0v) is 16.7. The van der Waals surface area contributed by atoms with Crippen molar-refractivity contribution in [1.82, 2.24) is 4.31 Å². The molecular formula is C20H22F2N2O4S. The highest BCUT2D eigenvalue weighted by Crippen LogP contribution is 2.27. The predicted octanol–water partition coefficient (Wildman–Crippen LogP) is 4.10. The number of benzene rings is 2. The number of sulfonamides is 1. The maximum atomic E-state index is 12.9. The van der Waals surface area contributed by atoms with E-state index in [2.05, 4.69) is 10.1 Å². The molecule has 0 spiro atoms. The van der Waals surface area contributed by atoms with Crippen LogP contribution in [0.5, 0.6) is 5.75 Å². The highest BCUT2D eigenvalue weighted by molar-refractivity contribution is 7.89. The van der Waals surface area contributed by atoms with Gasteiger partial charge in [-0.15, -0.1) is 0 Å². The molecule has 1 saturated heterocycles. The summed E-state index contributed by atoms with van der Waals surface area (Å²) in [6, 6.07) is 11.3. The van der Waals surface area contributed by atoms with Crippen molar-refractivity contribution in [2.45, 2.75) is 43.7 Å². The number of amides is 1. The van der Waals surface area contributed by atoms with Crippen molar-refractivity contribution < 1.29 is 26.7 Å². The van der Waals surface area contributed by atoms with E-state index >= 15 is 0 Å².